The fraction of sp³-hybridized carbons (Fsp3) is 0.483. The van der Waals surface area contributed by atoms with E-state index in [1.165, 1.54) is 5.01 Å². The van der Waals surface area contributed by atoms with E-state index in [9.17, 15) is 29.1 Å². The summed E-state index contributed by atoms with van der Waals surface area (Å²) in [5.74, 6) is -1.80. The van der Waals surface area contributed by atoms with Gasteiger partial charge in [0.1, 0.15) is 12.3 Å². The van der Waals surface area contributed by atoms with Crippen LogP contribution in [-0.4, -0.2) is 77.9 Å². The molecule has 2 aliphatic rings. The van der Waals surface area contributed by atoms with Crippen molar-refractivity contribution >= 4 is 30.0 Å². The molecule has 1 aliphatic heterocycles. The predicted octanol–water partition coefficient (Wildman–Crippen LogP) is 1.26. The van der Waals surface area contributed by atoms with Crippen molar-refractivity contribution < 1.29 is 33.9 Å². The van der Waals surface area contributed by atoms with Crippen LogP contribution in [0.4, 0.5) is 0 Å². The molecule has 222 valence electrons. The third kappa shape index (κ3) is 11.3. The van der Waals surface area contributed by atoms with Crippen LogP contribution in [-0.2, 0) is 24.0 Å². The van der Waals surface area contributed by atoms with Crippen LogP contribution in [0.5, 0.6) is 0 Å². The minimum absolute atomic E-state index is 0.0182. The normalized spacial score (nSPS) is 19.7. The van der Waals surface area contributed by atoms with Gasteiger partial charge in [0.25, 0.3) is 5.91 Å². The molecule has 1 aliphatic carbocycles. The van der Waals surface area contributed by atoms with Gasteiger partial charge in [0.15, 0.2) is 0 Å². The molecule has 3 unspecified atom stereocenters. The molecule has 0 bridgehead atoms. The second-order valence-electron chi connectivity index (χ2n) is 10.1. The topological polar surface area (TPSA) is 166 Å². The summed E-state index contributed by atoms with van der Waals surface area (Å²) in [7, 11) is 0. The Bertz CT molecular complexity index is 1090. The molecule has 41 heavy (non-hydrogen) atoms. The number of amides is 3. The highest BCUT2D eigenvalue weighted by atomic mass is 16.6. The van der Waals surface area contributed by atoms with Crippen molar-refractivity contribution in [1.82, 2.24) is 26.5 Å². The van der Waals surface area contributed by atoms with Gasteiger partial charge in [-0.1, -0.05) is 42.5 Å². The van der Waals surface area contributed by atoms with Crippen LogP contribution in [0.1, 0.15) is 55.3 Å². The first-order chi connectivity index (χ1) is 19.9. The fourth-order valence-corrected chi connectivity index (χ4v) is 4.56. The second-order valence-corrected chi connectivity index (χ2v) is 10.1. The number of aliphatic carboxylic acids is 1. The van der Waals surface area contributed by atoms with E-state index in [-0.39, 0.29) is 31.7 Å². The summed E-state index contributed by atoms with van der Waals surface area (Å²) in [6, 6.07) is 6.19. The molecular weight excluding hydrogens is 530 g/mol. The standard InChI is InChI=1S/C29H39N5O7/c35-20-23(31-28(39)22-10-5-2-6-11-22)13-14-26(36)34-16-7-12-25(33-34)29(40)32-24(18-27(37)38)19-30-41-17-15-21-8-3-1-4-9-21/h1-6,8,10-11,20-21,23-25,30,33H,7,9,12-19H2,(H,31,39)(H,32,40)(H,37,38)/t21?,23-,24?,25?/m0/s1. The van der Waals surface area contributed by atoms with Crippen molar-refractivity contribution in [3.63, 3.8) is 0 Å². The Kier molecular flexibility index (Phi) is 13.2. The van der Waals surface area contributed by atoms with Crippen molar-refractivity contribution in [3.05, 3.63) is 60.2 Å². The number of benzene rings is 1. The van der Waals surface area contributed by atoms with Gasteiger partial charge in [-0.05, 0) is 50.2 Å². The number of rotatable bonds is 16. The molecule has 1 aromatic carbocycles. The van der Waals surface area contributed by atoms with Gasteiger partial charge in [0.05, 0.1) is 25.1 Å². The molecule has 1 fully saturated rings. The lowest BCUT2D eigenvalue weighted by Gasteiger charge is -2.34. The number of allylic oxidation sites excluding steroid dienone is 4. The van der Waals surface area contributed by atoms with Gasteiger partial charge < -0.3 is 25.4 Å². The molecule has 5 N–H and O–H groups in total. The Hall–Kier alpha value is -3.87. The molecule has 3 amide bonds. The Morgan fingerprint density at radius 3 is 2.66 bits per heavy atom. The van der Waals surface area contributed by atoms with E-state index >= 15 is 0 Å². The average Bonchev–Trinajstić information content (AvgIpc) is 2.99. The summed E-state index contributed by atoms with van der Waals surface area (Å²) in [6.07, 6.45) is 11.4. The van der Waals surface area contributed by atoms with Gasteiger partial charge in [-0.25, -0.2) is 10.9 Å². The maximum atomic E-state index is 12.9. The van der Waals surface area contributed by atoms with Crippen LogP contribution in [0.2, 0.25) is 0 Å². The summed E-state index contributed by atoms with van der Waals surface area (Å²) < 4.78 is 0. The van der Waals surface area contributed by atoms with Crippen LogP contribution in [0.15, 0.2) is 54.6 Å². The summed E-state index contributed by atoms with van der Waals surface area (Å²) in [4.78, 5) is 66.4. The number of carboxylic acids is 1. The number of carbonyl (C=O) groups is 5. The second kappa shape index (κ2) is 17.1. The molecule has 1 heterocycles. The van der Waals surface area contributed by atoms with E-state index in [2.05, 4.69) is 33.7 Å². The maximum Gasteiger partial charge on any atom is 0.305 e. The van der Waals surface area contributed by atoms with E-state index in [0.717, 1.165) is 12.8 Å². The number of nitrogens with zero attached hydrogens (tertiary/aromatic N) is 1. The number of hydrogen-bond acceptors (Lipinski definition) is 8. The summed E-state index contributed by atoms with van der Waals surface area (Å²) in [5, 5.41) is 16.0. The molecule has 12 nitrogen and oxygen atoms in total. The zero-order valence-corrected chi connectivity index (χ0v) is 23.0. The molecule has 0 spiro atoms. The van der Waals surface area contributed by atoms with Gasteiger partial charge in [0.2, 0.25) is 11.8 Å². The molecule has 4 atom stereocenters. The van der Waals surface area contributed by atoms with Gasteiger partial charge in [0, 0.05) is 25.1 Å². The van der Waals surface area contributed by atoms with Crippen LogP contribution in [0.25, 0.3) is 0 Å². The molecule has 0 aromatic heterocycles. The zero-order valence-electron chi connectivity index (χ0n) is 23.0. The smallest absolute Gasteiger partial charge is 0.305 e. The highest BCUT2D eigenvalue weighted by Gasteiger charge is 2.30. The van der Waals surface area contributed by atoms with Gasteiger partial charge in [-0.15, -0.1) is 0 Å². The molecule has 0 saturated carbocycles. The lowest BCUT2D eigenvalue weighted by molar-refractivity contribution is -0.139. The summed E-state index contributed by atoms with van der Waals surface area (Å²) in [6.45, 7) is 0.930. The van der Waals surface area contributed by atoms with Crippen LogP contribution >= 0.6 is 0 Å². The first kappa shape index (κ1) is 31.7. The summed E-state index contributed by atoms with van der Waals surface area (Å²) in [5.41, 5.74) is 6.09. The van der Waals surface area contributed by atoms with E-state index in [1.54, 1.807) is 30.3 Å². The number of nitrogens with one attached hydrogen (secondary N) is 4. The molecular formula is C29H39N5O7. The number of hydrazine groups is 1. The fourth-order valence-electron chi connectivity index (χ4n) is 4.56. The number of hydrogen-bond donors (Lipinski definition) is 5. The third-order valence-corrected chi connectivity index (χ3v) is 6.85. The van der Waals surface area contributed by atoms with E-state index in [4.69, 9.17) is 4.84 Å². The summed E-state index contributed by atoms with van der Waals surface area (Å²) >= 11 is 0. The SMILES string of the molecule is O=C[C@H](CCC(=O)N1CCCC(C(=O)NC(CNOCCC2C=CC=CC2)CC(=O)O)N1)NC(=O)c1ccccc1. The third-order valence-electron chi connectivity index (χ3n) is 6.85. The highest BCUT2D eigenvalue weighted by molar-refractivity contribution is 5.95. The van der Waals surface area contributed by atoms with E-state index < -0.39 is 35.9 Å². The molecule has 12 heteroatoms. The quantitative estimate of drug-likeness (QED) is 0.112. The van der Waals surface area contributed by atoms with Crippen molar-refractivity contribution in [2.24, 2.45) is 5.92 Å². The van der Waals surface area contributed by atoms with Crippen molar-refractivity contribution in [1.29, 1.82) is 0 Å². The first-order valence-electron chi connectivity index (χ1n) is 13.9. The first-order valence-corrected chi connectivity index (χ1v) is 13.9. The van der Waals surface area contributed by atoms with Crippen molar-refractivity contribution in [3.8, 4) is 0 Å². The van der Waals surface area contributed by atoms with Crippen LogP contribution in [0.3, 0.4) is 0 Å². The van der Waals surface area contributed by atoms with E-state index in [0.29, 0.717) is 43.8 Å². The Morgan fingerprint density at radius 2 is 1.95 bits per heavy atom. The Morgan fingerprint density at radius 1 is 1.15 bits per heavy atom. The van der Waals surface area contributed by atoms with Gasteiger partial charge in [-0.2, -0.15) is 0 Å². The largest absolute Gasteiger partial charge is 0.481 e. The lowest BCUT2D eigenvalue weighted by Crippen LogP contribution is -2.59. The van der Waals surface area contributed by atoms with Crippen molar-refractivity contribution in [2.45, 2.75) is 63.1 Å². The lowest BCUT2D eigenvalue weighted by atomic mass is 9.98. The molecule has 0 radical (unpaired) electrons. The average molecular weight is 570 g/mol. The van der Waals surface area contributed by atoms with E-state index in [1.807, 2.05) is 12.2 Å². The van der Waals surface area contributed by atoms with Crippen LogP contribution < -0.4 is 21.5 Å². The molecule has 1 aromatic rings. The van der Waals surface area contributed by atoms with Crippen LogP contribution in [0, 0.1) is 5.92 Å². The number of aldehydes is 1. The number of hydroxylamine groups is 1. The zero-order chi connectivity index (χ0) is 29.5. The minimum Gasteiger partial charge on any atom is -0.481 e. The number of carboxylic acid groups (broad SMARTS) is 1. The monoisotopic (exact) mass is 569 g/mol. The van der Waals surface area contributed by atoms with Crippen molar-refractivity contribution in [2.75, 3.05) is 19.7 Å². The predicted molar refractivity (Wildman–Crippen MR) is 150 cm³/mol. The van der Waals surface area contributed by atoms with Gasteiger partial charge in [-0.3, -0.25) is 24.2 Å². The number of carbonyl (C=O) groups excluding carboxylic acids is 4. The molecule has 1 saturated heterocycles. The Balaban J connectivity index is 1.41. The molecule has 3 rings (SSSR count). The minimum atomic E-state index is -1.06. The Labute approximate surface area is 239 Å². The maximum absolute atomic E-state index is 12.9. The highest BCUT2D eigenvalue weighted by Crippen LogP contribution is 2.15. The van der Waals surface area contributed by atoms with Gasteiger partial charge >= 0.3 is 5.97 Å².